The topological polar surface area (TPSA) is 63.4 Å². The summed E-state index contributed by atoms with van der Waals surface area (Å²) in [6, 6.07) is 10.7. The van der Waals surface area contributed by atoms with Gasteiger partial charge in [-0.1, -0.05) is 18.2 Å². The molecule has 20 heavy (non-hydrogen) atoms. The van der Waals surface area contributed by atoms with Crippen molar-refractivity contribution in [2.45, 2.75) is 11.3 Å². The van der Waals surface area contributed by atoms with Crippen LogP contribution in [-0.2, 0) is 16.4 Å². The molecule has 0 aliphatic carbocycles. The molecule has 1 aliphatic heterocycles. The van der Waals surface area contributed by atoms with Crippen molar-refractivity contribution in [3.8, 4) is 0 Å². The first-order valence-electron chi connectivity index (χ1n) is 6.15. The number of fused-ring (bicyclic) bond motifs is 1. The average Bonchev–Trinajstić information content (AvgIpc) is 2.82. The third kappa shape index (κ3) is 2.02. The van der Waals surface area contributed by atoms with Gasteiger partial charge in [0.05, 0.1) is 10.6 Å². The van der Waals surface area contributed by atoms with Gasteiger partial charge in [0, 0.05) is 12.2 Å². The lowest BCUT2D eigenvalue weighted by molar-refractivity contribution is 0.587. The molecular formula is C14H13FN2O2S. The summed E-state index contributed by atoms with van der Waals surface area (Å²) in [6.07, 6.45) is 0.653. The van der Waals surface area contributed by atoms with E-state index in [0.29, 0.717) is 18.7 Å². The number of para-hydroxylation sites is 1. The molecule has 0 aromatic heterocycles. The maximum Gasteiger partial charge on any atom is 0.264 e. The molecule has 0 radical (unpaired) electrons. The Morgan fingerprint density at radius 3 is 2.65 bits per heavy atom. The first-order chi connectivity index (χ1) is 9.48. The molecule has 0 atom stereocenters. The lowest BCUT2D eigenvalue weighted by Gasteiger charge is -2.19. The first kappa shape index (κ1) is 12.9. The van der Waals surface area contributed by atoms with Crippen LogP contribution in [0.4, 0.5) is 15.8 Å². The van der Waals surface area contributed by atoms with Crippen LogP contribution in [0.5, 0.6) is 0 Å². The molecule has 0 saturated carbocycles. The van der Waals surface area contributed by atoms with Crippen LogP contribution < -0.4 is 10.0 Å². The SMILES string of the molecule is Nc1cc(F)cc(S(=O)(=O)N2CCc3ccccc32)c1. The van der Waals surface area contributed by atoms with Gasteiger partial charge in [0.25, 0.3) is 10.0 Å². The molecule has 1 heterocycles. The molecule has 3 rings (SSSR count). The number of hydrogen-bond acceptors (Lipinski definition) is 3. The van der Waals surface area contributed by atoms with Crippen LogP contribution in [0.15, 0.2) is 47.4 Å². The number of sulfonamides is 1. The molecule has 0 saturated heterocycles. The number of nitrogen functional groups attached to an aromatic ring is 1. The van der Waals surface area contributed by atoms with E-state index in [4.69, 9.17) is 5.73 Å². The second kappa shape index (κ2) is 4.49. The number of nitrogens with zero attached hydrogens (tertiary/aromatic N) is 1. The van der Waals surface area contributed by atoms with Crippen LogP contribution in [-0.4, -0.2) is 15.0 Å². The average molecular weight is 292 g/mol. The molecule has 0 bridgehead atoms. The summed E-state index contributed by atoms with van der Waals surface area (Å²) in [5.41, 5.74) is 7.24. The number of halogens is 1. The summed E-state index contributed by atoms with van der Waals surface area (Å²) in [5.74, 6) is -0.656. The molecule has 1 aliphatic rings. The Bertz CT molecular complexity index is 754. The molecule has 2 N–H and O–H groups in total. The molecule has 2 aromatic carbocycles. The summed E-state index contributed by atoms with van der Waals surface area (Å²) in [5, 5.41) is 0. The number of benzene rings is 2. The second-order valence-corrected chi connectivity index (χ2v) is 6.54. The summed E-state index contributed by atoms with van der Waals surface area (Å²) < 4.78 is 39.9. The van der Waals surface area contributed by atoms with Crippen molar-refractivity contribution >= 4 is 21.4 Å². The maximum absolute atomic E-state index is 13.4. The molecule has 104 valence electrons. The first-order valence-corrected chi connectivity index (χ1v) is 7.59. The highest BCUT2D eigenvalue weighted by Gasteiger charge is 2.30. The molecular weight excluding hydrogens is 279 g/mol. The van der Waals surface area contributed by atoms with E-state index in [1.54, 1.807) is 12.1 Å². The highest BCUT2D eigenvalue weighted by Crippen LogP contribution is 2.33. The van der Waals surface area contributed by atoms with Crippen LogP contribution in [0, 0.1) is 5.82 Å². The summed E-state index contributed by atoms with van der Waals surface area (Å²) in [7, 11) is -3.78. The smallest absolute Gasteiger partial charge is 0.264 e. The lowest BCUT2D eigenvalue weighted by Crippen LogP contribution is -2.29. The van der Waals surface area contributed by atoms with Crippen molar-refractivity contribution in [2.24, 2.45) is 0 Å². The largest absolute Gasteiger partial charge is 0.399 e. The Labute approximate surface area is 116 Å². The minimum absolute atomic E-state index is 0.0936. The van der Waals surface area contributed by atoms with Crippen molar-refractivity contribution in [3.63, 3.8) is 0 Å². The summed E-state index contributed by atoms with van der Waals surface area (Å²) in [6.45, 7) is 0.359. The molecule has 0 amide bonds. The minimum atomic E-state index is -3.78. The Morgan fingerprint density at radius 1 is 1.15 bits per heavy atom. The van der Waals surface area contributed by atoms with Gasteiger partial charge in [-0.25, -0.2) is 12.8 Å². The number of anilines is 2. The van der Waals surface area contributed by atoms with Gasteiger partial charge in [-0.05, 0) is 36.2 Å². The van der Waals surface area contributed by atoms with E-state index in [2.05, 4.69) is 0 Å². The molecule has 6 heteroatoms. The third-order valence-corrected chi connectivity index (χ3v) is 5.12. The van der Waals surface area contributed by atoms with E-state index < -0.39 is 15.8 Å². The summed E-state index contributed by atoms with van der Waals surface area (Å²) in [4.78, 5) is -0.119. The van der Waals surface area contributed by atoms with E-state index in [1.807, 2.05) is 12.1 Å². The Kier molecular flexibility index (Phi) is 2.90. The fraction of sp³-hybridized carbons (Fsp3) is 0.143. The molecule has 4 nitrogen and oxygen atoms in total. The number of nitrogens with two attached hydrogens (primary N) is 1. The van der Waals surface area contributed by atoms with E-state index in [9.17, 15) is 12.8 Å². The maximum atomic E-state index is 13.4. The van der Waals surface area contributed by atoms with Crippen molar-refractivity contribution in [1.29, 1.82) is 0 Å². The Hall–Kier alpha value is -2.08. The molecule has 0 unspecified atom stereocenters. The quantitative estimate of drug-likeness (QED) is 0.863. The molecule has 0 spiro atoms. The fourth-order valence-electron chi connectivity index (χ4n) is 2.42. The molecule has 2 aromatic rings. The minimum Gasteiger partial charge on any atom is -0.399 e. The predicted molar refractivity (Wildman–Crippen MR) is 75.5 cm³/mol. The highest BCUT2D eigenvalue weighted by atomic mass is 32.2. The van der Waals surface area contributed by atoms with Crippen LogP contribution in [0.3, 0.4) is 0 Å². The lowest BCUT2D eigenvalue weighted by atomic mass is 10.2. The van der Waals surface area contributed by atoms with Gasteiger partial charge in [-0.2, -0.15) is 0 Å². The third-order valence-electron chi connectivity index (χ3n) is 3.33. The zero-order valence-corrected chi connectivity index (χ0v) is 11.4. The van der Waals surface area contributed by atoms with Crippen LogP contribution in [0.1, 0.15) is 5.56 Å². The van der Waals surface area contributed by atoms with E-state index >= 15 is 0 Å². The van der Waals surface area contributed by atoms with Gasteiger partial charge >= 0.3 is 0 Å². The number of rotatable bonds is 2. The van der Waals surface area contributed by atoms with Crippen molar-refractivity contribution < 1.29 is 12.8 Å². The van der Waals surface area contributed by atoms with Gasteiger partial charge in [0.1, 0.15) is 5.82 Å². The van der Waals surface area contributed by atoms with Gasteiger partial charge in [-0.3, -0.25) is 4.31 Å². The van der Waals surface area contributed by atoms with Crippen LogP contribution in [0.25, 0.3) is 0 Å². The van der Waals surface area contributed by atoms with Gasteiger partial charge in [0.15, 0.2) is 0 Å². The van der Waals surface area contributed by atoms with E-state index in [0.717, 1.165) is 17.7 Å². The van der Waals surface area contributed by atoms with Crippen LogP contribution >= 0.6 is 0 Å². The Balaban J connectivity index is 2.10. The van der Waals surface area contributed by atoms with Crippen molar-refractivity contribution in [3.05, 3.63) is 53.8 Å². The van der Waals surface area contributed by atoms with Crippen LogP contribution in [0.2, 0.25) is 0 Å². The van der Waals surface area contributed by atoms with Crippen molar-refractivity contribution in [1.82, 2.24) is 0 Å². The monoisotopic (exact) mass is 292 g/mol. The summed E-state index contributed by atoms with van der Waals surface area (Å²) >= 11 is 0. The Morgan fingerprint density at radius 2 is 1.90 bits per heavy atom. The fourth-order valence-corrected chi connectivity index (χ4v) is 3.99. The molecule has 0 fully saturated rings. The van der Waals surface area contributed by atoms with Gasteiger partial charge in [-0.15, -0.1) is 0 Å². The highest BCUT2D eigenvalue weighted by molar-refractivity contribution is 7.92. The standard InChI is InChI=1S/C14H13FN2O2S/c15-11-7-12(16)9-13(8-11)20(18,19)17-6-5-10-3-1-2-4-14(10)17/h1-4,7-9H,5-6,16H2. The normalized spacial score (nSPS) is 14.3. The zero-order chi connectivity index (χ0) is 14.3. The van der Waals surface area contributed by atoms with E-state index in [1.165, 1.54) is 10.4 Å². The van der Waals surface area contributed by atoms with Gasteiger partial charge in [0.2, 0.25) is 0 Å². The predicted octanol–water partition coefficient (Wildman–Crippen LogP) is 2.16. The number of hydrogen-bond donors (Lipinski definition) is 1. The zero-order valence-electron chi connectivity index (χ0n) is 10.6. The van der Waals surface area contributed by atoms with Gasteiger partial charge < -0.3 is 5.73 Å². The van der Waals surface area contributed by atoms with E-state index in [-0.39, 0.29) is 10.6 Å². The van der Waals surface area contributed by atoms with Crippen molar-refractivity contribution in [2.75, 3.05) is 16.6 Å². The second-order valence-electron chi connectivity index (χ2n) is 4.68.